The number of hydrogen-bond acceptors (Lipinski definition) is 3. The topological polar surface area (TPSA) is 78.5 Å². The molecule has 0 bridgehead atoms. The second kappa shape index (κ2) is 8.52. The first-order valence-electron chi connectivity index (χ1n) is 9.96. The Kier molecular flexibility index (Phi) is 6.28. The second-order valence-corrected chi connectivity index (χ2v) is 8.71. The summed E-state index contributed by atoms with van der Waals surface area (Å²) in [5.41, 5.74) is 0.0548. The van der Waals surface area contributed by atoms with Crippen molar-refractivity contribution in [2.45, 2.75) is 51.5 Å². The van der Waals surface area contributed by atoms with E-state index in [1.54, 1.807) is 6.07 Å². The highest BCUT2D eigenvalue weighted by Gasteiger charge is 2.51. The highest BCUT2D eigenvalue weighted by atomic mass is 35.5. The Balaban J connectivity index is 1.63. The van der Waals surface area contributed by atoms with Gasteiger partial charge in [0.15, 0.2) is 0 Å². The number of carbonyl (C=O) groups excluding carboxylic acids is 3. The van der Waals surface area contributed by atoms with E-state index in [2.05, 4.69) is 24.5 Å². The van der Waals surface area contributed by atoms with Gasteiger partial charge >= 0.3 is 6.03 Å². The van der Waals surface area contributed by atoms with E-state index in [-0.39, 0.29) is 17.7 Å². The molecule has 7 heteroatoms. The Hall–Kier alpha value is -2.08. The van der Waals surface area contributed by atoms with Crippen molar-refractivity contribution in [3.63, 3.8) is 0 Å². The molecule has 0 aliphatic carbocycles. The van der Waals surface area contributed by atoms with Crippen LogP contribution in [0.5, 0.6) is 0 Å². The van der Waals surface area contributed by atoms with Crippen molar-refractivity contribution in [3.8, 4) is 0 Å². The molecule has 0 radical (unpaired) electrons. The number of hydrogen-bond donors (Lipinski definition) is 2. The molecule has 28 heavy (non-hydrogen) atoms. The molecule has 1 aromatic carbocycles. The van der Waals surface area contributed by atoms with E-state index in [1.807, 2.05) is 23.1 Å². The Bertz CT molecular complexity index is 759. The third kappa shape index (κ3) is 4.49. The van der Waals surface area contributed by atoms with Crippen LogP contribution < -0.4 is 10.6 Å². The van der Waals surface area contributed by atoms with Crippen LogP contribution in [0.15, 0.2) is 24.3 Å². The standard InChI is InChI=1S/C21H28ClN3O3/c1-14(2)6-9-21(19(27)23-20(28)24-21)16-7-10-25(11-8-16)18(26)13-15-4-3-5-17(22)12-15/h3-5,12,14,16H,6-11,13H2,1-2H3,(H2,23,24,27,28)/t21-/m1/s1. The molecule has 1 atom stereocenters. The highest BCUT2D eigenvalue weighted by Crippen LogP contribution is 2.35. The summed E-state index contributed by atoms with van der Waals surface area (Å²) in [7, 11) is 0. The van der Waals surface area contributed by atoms with Crippen LogP contribution in [0.3, 0.4) is 0 Å². The summed E-state index contributed by atoms with van der Waals surface area (Å²) in [5.74, 6) is 0.327. The molecule has 2 saturated heterocycles. The number of carbonyl (C=O) groups is 3. The van der Waals surface area contributed by atoms with Crippen LogP contribution in [0.4, 0.5) is 4.79 Å². The van der Waals surface area contributed by atoms with Gasteiger partial charge in [0, 0.05) is 18.1 Å². The molecule has 2 aliphatic heterocycles. The van der Waals surface area contributed by atoms with E-state index in [9.17, 15) is 14.4 Å². The molecule has 0 saturated carbocycles. The molecule has 2 fully saturated rings. The van der Waals surface area contributed by atoms with Gasteiger partial charge in [-0.05, 0) is 55.2 Å². The first kappa shape index (κ1) is 20.6. The molecule has 2 N–H and O–H groups in total. The zero-order chi connectivity index (χ0) is 20.3. The lowest BCUT2D eigenvalue weighted by molar-refractivity contribution is -0.133. The van der Waals surface area contributed by atoms with Crippen LogP contribution in [-0.2, 0) is 16.0 Å². The third-order valence-corrected chi connectivity index (χ3v) is 6.11. The summed E-state index contributed by atoms with van der Waals surface area (Å²) in [4.78, 5) is 39.0. The minimum absolute atomic E-state index is 0.0351. The predicted octanol–water partition coefficient (Wildman–Crippen LogP) is 3.14. The smallest absolute Gasteiger partial charge is 0.322 e. The van der Waals surface area contributed by atoms with Gasteiger partial charge in [-0.1, -0.05) is 37.6 Å². The molecule has 4 amide bonds. The van der Waals surface area contributed by atoms with Gasteiger partial charge in [-0.15, -0.1) is 0 Å². The number of nitrogens with zero attached hydrogens (tertiary/aromatic N) is 1. The van der Waals surface area contributed by atoms with Gasteiger partial charge in [0.1, 0.15) is 5.54 Å². The zero-order valence-electron chi connectivity index (χ0n) is 16.5. The number of halogens is 1. The summed E-state index contributed by atoms with van der Waals surface area (Å²) >= 11 is 6.00. The molecule has 152 valence electrons. The SMILES string of the molecule is CC(C)CC[C@]1(C2CCN(C(=O)Cc3cccc(Cl)c3)CC2)NC(=O)NC1=O. The molecule has 2 aliphatic rings. The molecule has 3 rings (SSSR count). The van der Waals surface area contributed by atoms with E-state index in [1.165, 1.54) is 0 Å². The van der Waals surface area contributed by atoms with Gasteiger partial charge in [-0.2, -0.15) is 0 Å². The van der Waals surface area contributed by atoms with E-state index in [0.717, 1.165) is 12.0 Å². The normalized spacial score (nSPS) is 23.1. The molecule has 6 nitrogen and oxygen atoms in total. The third-order valence-electron chi connectivity index (χ3n) is 5.87. The zero-order valence-corrected chi connectivity index (χ0v) is 17.2. The summed E-state index contributed by atoms with van der Waals surface area (Å²) in [6.07, 6.45) is 3.21. The van der Waals surface area contributed by atoms with Crippen LogP contribution in [0.2, 0.25) is 5.02 Å². The summed E-state index contributed by atoms with van der Waals surface area (Å²) in [6.45, 7) is 5.41. The van der Waals surface area contributed by atoms with Crippen molar-refractivity contribution in [3.05, 3.63) is 34.9 Å². The number of likely N-dealkylation sites (tertiary alicyclic amines) is 1. The minimum atomic E-state index is -0.844. The Morgan fingerprint density at radius 3 is 2.57 bits per heavy atom. The van der Waals surface area contributed by atoms with Crippen molar-refractivity contribution < 1.29 is 14.4 Å². The summed E-state index contributed by atoms with van der Waals surface area (Å²) in [6, 6.07) is 6.94. The molecule has 0 unspecified atom stereocenters. The maximum absolute atomic E-state index is 12.7. The number of nitrogens with one attached hydrogen (secondary N) is 2. The van der Waals surface area contributed by atoms with Gasteiger partial charge in [-0.3, -0.25) is 14.9 Å². The largest absolute Gasteiger partial charge is 0.342 e. The predicted molar refractivity (Wildman–Crippen MR) is 108 cm³/mol. The van der Waals surface area contributed by atoms with Crippen molar-refractivity contribution >= 4 is 29.4 Å². The van der Waals surface area contributed by atoms with E-state index < -0.39 is 11.6 Å². The number of urea groups is 1. The van der Waals surface area contributed by atoms with Gasteiger partial charge in [-0.25, -0.2) is 4.79 Å². The Labute approximate surface area is 171 Å². The van der Waals surface area contributed by atoms with Crippen molar-refractivity contribution in [2.75, 3.05) is 13.1 Å². The summed E-state index contributed by atoms with van der Waals surface area (Å²) < 4.78 is 0. The van der Waals surface area contributed by atoms with Gasteiger partial charge in [0.2, 0.25) is 5.91 Å². The van der Waals surface area contributed by atoms with Crippen molar-refractivity contribution in [1.29, 1.82) is 0 Å². The van der Waals surface area contributed by atoms with Crippen molar-refractivity contribution in [1.82, 2.24) is 15.5 Å². The maximum Gasteiger partial charge on any atom is 0.322 e. The molecule has 1 aromatic rings. The number of benzene rings is 1. The van der Waals surface area contributed by atoms with Gasteiger partial charge in [0.05, 0.1) is 6.42 Å². The number of piperidine rings is 1. The average Bonchev–Trinajstić information content (AvgIpc) is 2.94. The number of rotatable bonds is 6. The molecule has 2 heterocycles. The molecular formula is C21H28ClN3O3. The Morgan fingerprint density at radius 2 is 2.00 bits per heavy atom. The fourth-order valence-electron chi connectivity index (χ4n) is 4.24. The van der Waals surface area contributed by atoms with E-state index >= 15 is 0 Å². The van der Waals surface area contributed by atoms with Crippen LogP contribution in [-0.4, -0.2) is 41.4 Å². The Morgan fingerprint density at radius 1 is 1.29 bits per heavy atom. The van der Waals surface area contributed by atoms with Crippen molar-refractivity contribution in [2.24, 2.45) is 11.8 Å². The van der Waals surface area contributed by atoms with Crippen LogP contribution in [0, 0.1) is 11.8 Å². The lowest BCUT2D eigenvalue weighted by Gasteiger charge is -2.41. The van der Waals surface area contributed by atoms with Crippen LogP contribution in [0.25, 0.3) is 0 Å². The fourth-order valence-corrected chi connectivity index (χ4v) is 4.46. The van der Waals surface area contributed by atoms with Crippen LogP contribution >= 0.6 is 11.6 Å². The van der Waals surface area contributed by atoms with Gasteiger partial charge < -0.3 is 10.2 Å². The molecular weight excluding hydrogens is 378 g/mol. The lowest BCUT2D eigenvalue weighted by Crippen LogP contribution is -2.56. The first-order chi connectivity index (χ1) is 13.3. The van der Waals surface area contributed by atoms with Crippen LogP contribution in [0.1, 0.15) is 45.1 Å². The quantitative estimate of drug-likeness (QED) is 0.713. The number of imide groups is 1. The summed E-state index contributed by atoms with van der Waals surface area (Å²) in [5, 5.41) is 5.96. The first-order valence-corrected chi connectivity index (χ1v) is 10.3. The average molecular weight is 406 g/mol. The maximum atomic E-state index is 12.7. The fraction of sp³-hybridized carbons (Fsp3) is 0.571. The second-order valence-electron chi connectivity index (χ2n) is 8.27. The number of amides is 4. The molecule has 0 spiro atoms. The highest BCUT2D eigenvalue weighted by molar-refractivity contribution is 6.30. The van der Waals surface area contributed by atoms with E-state index in [4.69, 9.17) is 11.6 Å². The lowest BCUT2D eigenvalue weighted by atomic mass is 9.74. The minimum Gasteiger partial charge on any atom is -0.342 e. The van der Waals surface area contributed by atoms with Gasteiger partial charge in [0.25, 0.3) is 5.91 Å². The molecule has 0 aromatic heterocycles. The monoisotopic (exact) mass is 405 g/mol. The van der Waals surface area contributed by atoms with E-state index in [0.29, 0.717) is 49.7 Å².